The molecule has 0 unspecified atom stereocenters. The van der Waals surface area contributed by atoms with Crippen molar-refractivity contribution >= 4 is 17.4 Å². The van der Waals surface area contributed by atoms with Gasteiger partial charge in [0.2, 0.25) is 0 Å². The maximum atomic E-state index is 5.70. The van der Waals surface area contributed by atoms with E-state index in [1.54, 1.807) is 12.3 Å². The summed E-state index contributed by atoms with van der Waals surface area (Å²) in [6.45, 7) is 0. The summed E-state index contributed by atoms with van der Waals surface area (Å²) in [5, 5.41) is 0.637. The topological polar surface area (TPSA) is 29.9 Å². The van der Waals surface area contributed by atoms with E-state index in [1.807, 2.05) is 35.3 Å². The van der Waals surface area contributed by atoms with Gasteiger partial charge in [0.1, 0.15) is 5.82 Å². The van der Waals surface area contributed by atoms with E-state index in [0.29, 0.717) is 5.02 Å². The molecule has 0 fully saturated rings. The van der Waals surface area contributed by atoms with E-state index in [9.17, 15) is 0 Å². The first-order valence-electron chi connectivity index (χ1n) is 3.86. The molecule has 0 aliphatic heterocycles. The average molecular weight is 194 g/mol. The first kappa shape index (κ1) is 8.13. The van der Waals surface area contributed by atoms with Gasteiger partial charge in [-0.05, 0) is 24.3 Å². The lowest BCUT2D eigenvalue weighted by Crippen LogP contribution is -2.06. The Bertz CT molecular complexity index is 366. The maximum absolute atomic E-state index is 5.70. The van der Waals surface area contributed by atoms with Gasteiger partial charge in [0.05, 0.1) is 5.02 Å². The monoisotopic (exact) mass is 193 g/mol. The number of nitrogens with zero attached hydrogens (tertiary/aromatic N) is 2. The maximum Gasteiger partial charge on any atom is 0.144 e. The fraction of sp³-hybridized carbons (Fsp3) is 0. The second-order valence-electron chi connectivity index (χ2n) is 2.56. The van der Waals surface area contributed by atoms with Crippen LogP contribution in [0.4, 0.5) is 5.82 Å². The highest BCUT2D eigenvalue weighted by Gasteiger charge is 1.92. The van der Waals surface area contributed by atoms with Gasteiger partial charge in [-0.25, -0.2) is 4.98 Å². The van der Waals surface area contributed by atoms with E-state index >= 15 is 0 Å². The molecule has 3 nitrogen and oxygen atoms in total. The molecule has 0 amide bonds. The molecule has 0 spiro atoms. The van der Waals surface area contributed by atoms with Crippen LogP contribution in [0.1, 0.15) is 0 Å². The third-order valence-corrected chi connectivity index (χ3v) is 1.80. The zero-order valence-electron chi connectivity index (χ0n) is 6.81. The number of rotatable bonds is 2. The molecule has 0 bridgehead atoms. The van der Waals surface area contributed by atoms with Gasteiger partial charge in [-0.15, -0.1) is 0 Å². The molecule has 1 N–H and O–H groups in total. The standard InChI is InChI=1S/C9H8ClN3/c10-8-3-4-9(11-7-8)12-13-5-1-2-6-13/h1-7H,(H,11,12). The number of nitrogens with one attached hydrogen (secondary N) is 1. The van der Waals surface area contributed by atoms with Crippen molar-refractivity contribution < 1.29 is 0 Å². The molecule has 4 heteroatoms. The second kappa shape index (κ2) is 3.49. The summed E-state index contributed by atoms with van der Waals surface area (Å²) in [7, 11) is 0. The van der Waals surface area contributed by atoms with E-state index in [2.05, 4.69) is 10.4 Å². The van der Waals surface area contributed by atoms with Gasteiger partial charge in [-0.2, -0.15) is 0 Å². The first-order chi connectivity index (χ1) is 6.34. The van der Waals surface area contributed by atoms with Gasteiger partial charge >= 0.3 is 0 Å². The molecular weight excluding hydrogens is 186 g/mol. The highest BCUT2D eigenvalue weighted by molar-refractivity contribution is 6.30. The molecule has 2 aromatic heterocycles. The molecule has 0 aromatic carbocycles. The summed E-state index contributed by atoms with van der Waals surface area (Å²) >= 11 is 5.70. The van der Waals surface area contributed by atoms with Gasteiger partial charge in [0.15, 0.2) is 0 Å². The summed E-state index contributed by atoms with van der Waals surface area (Å²) in [6.07, 6.45) is 5.40. The number of halogens is 1. The Morgan fingerprint density at radius 2 is 2.00 bits per heavy atom. The van der Waals surface area contributed by atoms with Crippen molar-refractivity contribution in [2.24, 2.45) is 0 Å². The number of hydrogen-bond acceptors (Lipinski definition) is 2. The predicted molar refractivity (Wildman–Crippen MR) is 52.7 cm³/mol. The van der Waals surface area contributed by atoms with Crippen molar-refractivity contribution in [2.45, 2.75) is 0 Å². The molecule has 66 valence electrons. The van der Waals surface area contributed by atoms with E-state index in [0.717, 1.165) is 5.82 Å². The van der Waals surface area contributed by atoms with Crippen LogP contribution in [0.2, 0.25) is 5.02 Å². The van der Waals surface area contributed by atoms with Crippen LogP contribution in [0.15, 0.2) is 42.9 Å². The third-order valence-electron chi connectivity index (χ3n) is 1.58. The van der Waals surface area contributed by atoms with Crippen molar-refractivity contribution in [2.75, 3.05) is 5.43 Å². The van der Waals surface area contributed by atoms with Gasteiger partial charge < -0.3 is 0 Å². The summed E-state index contributed by atoms with van der Waals surface area (Å²) < 4.78 is 1.82. The Labute approximate surface area is 81.0 Å². The van der Waals surface area contributed by atoms with Gasteiger partial charge in [0.25, 0.3) is 0 Å². The molecule has 13 heavy (non-hydrogen) atoms. The lowest BCUT2D eigenvalue weighted by molar-refractivity contribution is 0.953. The van der Waals surface area contributed by atoms with Crippen LogP contribution >= 0.6 is 11.6 Å². The Morgan fingerprint density at radius 1 is 1.23 bits per heavy atom. The minimum atomic E-state index is 0.637. The Hall–Kier alpha value is -1.48. The van der Waals surface area contributed by atoms with E-state index in [1.165, 1.54) is 0 Å². The zero-order valence-corrected chi connectivity index (χ0v) is 7.57. The highest BCUT2D eigenvalue weighted by atomic mass is 35.5. The zero-order chi connectivity index (χ0) is 9.10. The summed E-state index contributed by atoms with van der Waals surface area (Å²) in [5.74, 6) is 0.764. The molecule has 0 aliphatic rings. The van der Waals surface area contributed by atoms with Crippen molar-refractivity contribution in [3.05, 3.63) is 47.9 Å². The minimum Gasteiger partial charge on any atom is -0.278 e. The van der Waals surface area contributed by atoms with E-state index in [-0.39, 0.29) is 0 Å². The number of hydrogen-bond donors (Lipinski definition) is 1. The molecule has 0 saturated carbocycles. The lowest BCUT2D eigenvalue weighted by Gasteiger charge is -2.05. The SMILES string of the molecule is Clc1ccc(Nn2cccc2)nc1. The largest absolute Gasteiger partial charge is 0.278 e. The number of pyridine rings is 1. The summed E-state index contributed by atoms with van der Waals surface area (Å²) in [5.41, 5.74) is 3.06. The van der Waals surface area contributed by atoms with Gasteiger partial charge in [0, 0.05) is 18.6 Å². The van der Waals surface area contributed by atoms with Gasteiger partial charge in [-0.1, -0.05) is 11.6 Å². The molecule has 0 radical (unpaired) electrons. The smallest absolute Gasteiger partial charge is 0.144 e. The van der Waals surface area contributed by atoms with E-state index in [4.69, 9.17) is 11.6 Å². The molecule has 0 aliphatic carbocycles. The van der Waals surface area contributed by atoms with Crippen molar-refractivity contribution in [3.8, 4) is 0 Å². The molecule has 0 atom stereocenters. The molecule has 0 saturated heterocycles. The Balaban J connectivity index is 2.15. The normalized spacial score (nSPS) is 9.92. The lowest BCUT2D eigenvalue weighted by atomic mass is 10.5. The Kier molecular flexibility index (Phi) is 2.19. The van der Waals surface area contributed by atoms with Crippen molar-refractivity contribution in [3.63, 3.8) is 0 Å². The van der Waals surface area contributed by atoms with Crippen LogP contribution < -0.4 is 5.43 Å². The molecule has 2 rings (SSSR count). The van der Waals surface area contributed by atoms with Crippen LogP contribution in [0.5, 0.6) is 0 Å². The predicted octanol–water partition coefficient (Wildman–Crippen LogP) is 2.41. The quantitative estimate of drug-likeness (QED) is 0.794. The van der Waals surface area contributed by atoms with Crippen LogP contribution in [0, 0.1) is 0 Å². The molecular formula is C9H8ClN3. The fourth-order valence-corrected chi connectivity index (χ4v) is 1.10. The van der Waals surface area contributed by atoms with Gasteiger partial charge in [-0.3, -0.25) is 10.1 Å². The Morgan fingerprint density at radius 3 is 2.62 bits per heavy atom. The second-order valence-corrected chi connectivity index (χ2v) is 3.00. The van der Waals surface area contributed by atoms with Crippen molar-refractivity contribution in [1.29, 1.82) is 0 Å². The minimum absolute atomic E-state index is 0.637. The third kappa shape index (κ3) is 2.00. The van der Waals surface area contributed by atoms with Crippen LogP contribution in [-0.4, -0.2) is 9.66 Å². The number of anilines is 1. The van der Waals surface area contributed by atoms with Crippen LogP contribution in [0.25, 0.3) is 0 Å². The summed E-state index contributed by atoms with van der Waals surface area (Å²) in [6, 6.07) is 7.48. The highest BCUT2D eigenvalue weighted by Crippen LogP contribution is 2.09. The van der Waals surface area contributed by atoms with Crippen LogP contribution in [-0.2, 0) is 0 Å². The average Bonchev–Trinajstić information content (AvgIpc) is 2.62. The molecule has 2 aromatic rings. The van der Waals surface area contributed by atoms with Crippen LogP contribution in [0.3, 0.4) is 0 Å². The molecule has 2 heterocycles. The summed E-state index contributed by atoms with van der Waals surface area (Å²) in [4.78, 5) is 4.09. The fourth-order valence-electron chi connectivity index (χ4n) is 0.983. The number of aromatic nitrogens is 2. The van der Waals surface area contributed by atoms with Crippen molar-refractivity contribution in [1.82, 2.24) is 9.66 Å². The first-order valence-corrected chi connectivity index (χ1v) is 4.24. The van der Waals surface area contributed by atoms with E-state index < -0.39 is 0 Å².